The van der Waals surface area contributed by atoms with Crippen molar-refractivity contribution >= 4 is 12.0 Å². The lowest BCUT2D eigenvalue weighted by Gasteiger charge is -1.96. The van der Waals surface area contributed by atoms with Crippen LogP contribution < -0.4 is 5.32 Å². The molecule has 0 aromatic rings. The van der Waals surface area contributed by atoms with E-state index in [9.17, 15) is 14.0 Å². The number of ether oxygens (including phenoxy) is 1. The van der Waals surface area contributed by atoms with Crippen molar-refractivity contribution in [1.82, 2.24) is 5.32 Å². The Morgan fingerprint density at radius 1 is 1.67 bits per heavy atom. The fourth-order valence-electron chi connectivity index (χ4n) is 0.198. The Balaban J connectivity index is 3.47. The van der Waals surface area contributed by atoms with E-state index in [4.69, 9.17) is 0 Å². The molecule has 0 atom stereocenters. The Kier molecular flexibility index (Phi) is 3.34. The second-order valence-corrected chi connectivity index (χ2v) is 1.17. The molecule has 9 heavy (non-hydrogen) atoms. The van der Waals surface area contributed by atoms with Gasteiger partial charge in [0.05, 0.1) is 7.11 Å². The van der Waals surface area contributed by atoms with E-state index >= 15 is 0 Å². The standard InChI is InChI=1S/C4H6FNO3/c1-9-4(8)6-3(7)2-5/h2H2,1H3,(H,6,7,8). The van der Waals surface area contributed by atoms with Gasteiger partial charge in [-0.1, -0.05) is 0 Å². The van der Waals surface area contributed by atoms with Gasteiger partial charge >= 0.3 is 6.09 Å². The topological polar surface area (TPSA) is 55.4 Å². The van der Waals surface area contributed by atoms with E-state index in [1.807, 2.05) is 0 Å². The summed E-state index contributed by atoms with van der Waals surface area (Å²) in [6.45, 7) is -1.21. The quantitative estimate of drug-likeness (QED) is 0.543. The Morgan fingerprint density at radius 2 is 2.22 bits per heavy atom. The minimum absolute atomic E-state index is 0.947. The summed E-state index contributed by atoms with van der Waals surface area (Å²) < 4.78 is 15.2. The van der Waals surface area contributed by atoms with E-state index in [1.165, 1.54) is 0 Å². The normalized spacial score (nSPS) is 8.22. The molecule has 52 valence electrons. The van der Waals surface area contributed by atoms with Gasteiger partial charge < -0.3 is 4.74 Å². The molecule has 0 aliphatic heterocycles. The van der Waals surface area contributed by atoms with Gasteiger partial charge in [0, 0.05) is 0 Å². The lowest BCUT2D eigenvalue weighted by atomic mass is 10.7. The molecule has 5 heteroatoms. The third kappa shape index (κ3) is 3.45. The Labute approximate surface area is 51.0 Å². The zero-order valence-electron chi connectivity index (χ0n) is 4.81. The van der Waals surface area contributed by atoms with Crippen molar-refractivity contribution in [2.45, 2.75) is 0 Å². The minimum Gasteiger partial charge on any atom is -0.453 e. The van der Waals surface area contributed by atoms with Gasteiger partial charge in [0.2, 0.25) is 0 Å². The largest absolute Gasteiger partial charge is 0.453 e. The van der Waals surface area contributed by atoms with Gasteiger partial charge in [-0.25, -0.2) is 9.18 Å². The number of rotatable bonds is 1. The van der Waals surface area contributed by atoms with Gasteiger partial charge in [-0.2, -0.15) is 0 Å². The summed E-state index contributed by atoms with van der Waals surface area (Å²) in [6.07, 6.45) is -0.947. The van der Waals surface area contributed by atoms with Gasteiger partial charge in [0.25, 0.3) is 5.91 Å². The van der Waals surface area contributed by atoms with Crippen molar-refractivity contribution in [3.63, 3.8) is 0 Å². The van der Waals surface area contributed by atoms with Crippen molar-refractivity contribution in [3.05, 3.63) is 0 Å². The van der Waals surface area contributed by atoms with Crippen LogP contribution in [0, 0.1) is 0 Å². The van der Waals surface area contributed by atoms with Crippen LogP contribution in [-0.2, 0) is 9.53 Å². The Hall–Kier alpha value is -1.13. The van der Waals surface area contributed by atoms with Crippen molar-refractivity contribution in [3.8, 4) is 0 Å². The number of methoxy groups -OCH3 is 1. The first-order valence-electron chi connectivity index (χ1n) is 2.14. The highest BCUT2D eigenvalue weighted by molar-refractivity contribution is 5.92. The number of carbonyl (C=O) groups excluding carboxylic acids is 2. The molecule has 0 saturated carbocycles. The van der Waals surface area contributed by atoms with E-state index in [0.717, 1.165) is 7.11 Å². The molecule has 0 spiro atoms. The highest BCUT2D eigenvalue weighted by atomic mass is 19.1. The van der Waals surface area contributed by atoms with E-state index in [1.54, 1.807) is 5.32 Å². The molecule has 4 nitrogen and oxygen atoms in total. The monoisotopic (exact) mass is 135 g/mol. The summed E-state index contributed by atoms with van der Waals surface area (Å²) in [6, 6.07) is 0. The number of carbonyl (C=O) groups is 2. The molecular formula is C4H6FNO3. The maximum Gasteiger partial charge on any atom is 0.413 e. The molecule has 0 aliphatic rings. The fourth-order valence-corrected chi connectivity index (χ4v) is 0.198. The van der Waals surface area contributed by atoms with Crippen LogP contribution in [0.15, 0.2) is 0 Å². The fraction of sp³-hybridized carbons (Fsp3) is 0.500. The van der Waals surface area contributed by atoms with Gasteiger partial charge in [-0.05, 0) is 0 Å². The lowest BCUT2D eigenvalue weighted by Crippen LogP contribution is -2.31. The van der Waals surface area contributed by atoms with Crippen LogP contribution in [0.4, 0.5) is 9.18 Å². The van der Waals surface area contributed by atoms with E-state index in [0.29, 0.717) is 0 Å². The van der Waals surface area contributed by atoms with Crippen LogP contribution in [-0.4, -0.2) is 25.8 Å². The van der Waals surface area contributed by atoms with Crippen LogP contribution in [0.5, 0.6) is 0 Å². The molecule has 2 amide bonds. The number of alkyl carbamates (subject to hydrolysis) is 1. The molecule has 0 radical (unpaired) electrons. The first kappa shape index (κ1) is 7.87. The number of hydrogen-bond acceptors (Lipinski definition) is 3. The van der Waals surface area contributed by atoms with E-state index in [2.05, 4.69) is 4.74 Å². The number of amides is 2. The number of imide groups is 1. The molecule has 0 aliphatic carbocycles. The maximum absolute atomic E-state index is 11.3. The molecule has 0 bridgehead atoms. The third-order valence-electron chi connectivity index (χ3n) is 0.548. The first-order valence-corrected chi connectivity index (χ1v) is 2.14. The summed E-state index contributed by atoms with van der Waals surface area (Å²) in [5, 5.41) is 1.60. The smallest absolute Gasteiger partial charge is 0.413 e. The zero-order chi connectivity index (χ0) is 7.28. The summed E-state index contributed by atoms with van der Waals surface area (Å²) >= 11 is 0. The molecule has 0 heterocycles. The average molecular weight is 135 g/mol. The third-order valence-corrected chi connectivity index (χ3v) is 0.548. The summed E-state index contributed by atoms with van der Waals surface area (Å²) in [5.74, 6) is -0.998. The van der Waals surface area contributed by atoms with Crippen molar-refractivity contribution < 1.29 is 18.7 Å². The first-order chi connectivity index (χ1) is 4.20. The Bertz CT molecular complexity index is 111. The van der Waals surface area contributed by atoms with Crippen LogP contribution >= 0.6 is 0 Å². The summed E-state index contributed by atoms with van der Waals surface area (Å²) in [7, 11) is 1.08. The van der Waals surface area contributed by atoms with Gasteiger partial charge in [-0.15, -0.1) is 0 Å². The van der Waals surface area contributed by atoms with E-state index in [-0.39, 0.29) is 0 Å². The number of halogens is 1. The molecule has 1 N–H and O–H groups in total. The minimum atomic E-state index is -1.21. The van der Waals surface area contributed by atoms with Crippen molar-refractivity contribution in [2.24, 2.45) is 0 Å². The van der Waals surface area contributed by atoms with Crippen LogP contribution in [0.2, 0.25) is 0 Å². The average Bonchev–Trinajstić information content (AvgIpc) is 1.87. The van der Waals surface area contributed by atoms with E-state index < -0.39 is 18.7 Å². The molecule has 0 unspecified atom stereocenters. The van der Waals surface area contributed by atoms with Gasteiger partial charge in [0.15, 0.2) is 6.67 Å². The van der Waals surface area contributed by atoms with Crippen molar-refractivity contribution in [2.75, 3.05) is 13.8 Å². The van der Waals surface area contributed by atoms with Gasteiger partial charge in [-0.3, -0.25) is 10.1 Å². The van der Waals surface area contributed by atoms with Crippen LogP contribution in [0.1, 0.15) is 0 Å². The molecule has 0 rings (SSSR count). The molecule has 0 saturated heterocycles. The van der Waals surface area contributed by atoms with Gasteiger partial charge in [0.1, 0.15) is 0 Å². The lowest BCUT2D eigenvalue weighted by molar-refractivity contribution is -0.121. The SMILES string of the molecule is COC(=O)NC(=O)CF. The molecule has 0 aromatic carbocycles. The second kappa shape index (κ2) is 3.82. The predicted octanol–water partition coefficient (Wildman–Crippen LogP) is -0.162. The summed E-state index contributed by atoms with van der Waals surface area (Å²) in [4.78, 5) is 20.1. The predicted molar refractivity (Wildman–Crippen MR) is 26.5 cm³/mol. The maximum atomic E-state index is 11.3. The van der Waals surface area contributed by atoms with Crippen LogP contribution in [0.25, 0.3) is 0 Å². The number of hydrogen-bond donors (Lipinski definition) is 1. The highest BCUT2D eigenvalue weighted by Crippen LogP contribution is 1.72. The highest BCUT2D eigenvalue weighted by Gasteiger charge is 2.04. The Morgan fingerprint density at radius 3 is 2.56 bits per heavy atom. The zero-order valence-corrected chi connectivity index (χ0v) is 4.81. The molecule has 0 fully saturated rings. The summed E-state index contributed by atoms with van der Waals surface area (Å²) in [5.41, 5.74) is 0. The second-order valence-electron chi connectivity index (χ2n) is 1.17. The van der Waals surface area contributed by atoms with Crippen molar-refractivity contribution in [1.29, 1.82) is 0 Å². The van der Waals surface area contributed by atoms with Crippen LogP contribution in [0.3, 0.4) is 0 Å². The number of nitrogens with one attached hydrogen (secondary N) is 1. The number of alkyl halides is 1. The molecule has 0 aromatic heterocycles. The molecular weight excluding hydrogens is 129 g/mol.